The first-order valence-electron chi connectivity index (χ1n) is 11.3. The molecule has 2 heterocycles. The number of carbonyl (C=O) groups excluding carboxylic acids is 2. The molecule has 10 heteroatoms. The summed E-state index contributed by atoms with van der Waals surface area (Å²) in [7, 11) is 1.55. The van der Waals surface area contributed by atoms with Crippen LogP contribution in [0.25, 0.3) is 11.3 Å². The fourth-order valence-corrected chi connectivity index (χ4v) is 4.90. The van der Waals surface area contributed by atoms with Crippen LogP contribution >= 0.6 is 11.3 Å². The molecule has 4 rings (SSSR count). The molecular weight excluding hydrogens is 480 g/mol. The molecule has 9 nitrogen and oxygen atoms in total. The first-order valence-corrected chi connectivity index (χ1v) is 12.2. The highest BCUT2D eigenvalue weighted by atomic mass is 32.1. The van der Waals surface area contributed by atoms with Gasteiger partial charge in [0.25, 0.3) is 0 Å². The molecule has 0 spiro atoms. The monoisotopic (exact) mass is 506 g/mol. The van der Waals surface area contributed by atoms with Crippen LogP contribution < -0.4 is 15.7 Å². The number of benzene rings is 2. The lowest BCUT2D eigenvalue weighted by molar-refractivity contribution is -0.120. The summed E-state index contributed by atoms with van der Waals surface area (Å²) in [6.45, 7) is 3.30. The second-order valence-corrected chi connectivity index (χ2v) is 9.04. The van der Waals surface area contributed by atoms with Crippen LogP contribution in [-0.4, -0.2) is 38.4 Å². The van der Waals surface area contributed by atoms with Crippen molar-refractivity contribution in [1.82, 2.24) is 14.5 Å². The van der Waals surface area contributed by atoms with Gasteiger partial charge in [-0.25, -0.2) is 14.3 Å². The lowest BCUT2D eigenvalue weighted by atomic mass is 9.88. The summed E-state index contributed by atoms with van der Waals surface area (Å²) in [4.78, 5) is 45.4. The van der Waals surface area contributed by atoms with E-state index in [1.54, 1.807) is 36.8 Å². The molecular formula is C26H26N4O5S. The predicted molar refractivity (Wildman–Crippen MR) is 138 cm³/mol. The zero-order chi connectivity index (χ0) is 25.8. The highest BCUT2D eigenvalue weighted by molar-refractivity contribution is 7.14. The highest BCUT2D eigenvalue weighted by Crippen LogP contribution is 2.37. The minimum absolute atomic E-state index is 0.191. The van der Waals surface area contributed by atoms with E-state index in [1.165, 1.54) is 6.92 Å². The lowest BCUT2D eigenvalue weighted by Crippen LogP contribution is -2.36. The Balaban J connectivity index is 1.80. The number of anilines is 1. The zero-order valence-electron chi connectivity index (χ0n) is 20.0. The lowest BCUT2D eigenvalue weighted by Gasteiger charge is -2.26. The number of hydrogen-bond acceptors (Lipinski definition) is 7. The number of aromatic hydroxyl groups is 1. The van der Waals surface area contributed by atoms with Gasteiger partial charge in [0, 0.05) is 23.8 Å². The summed E-state index contributed by atoms with van der Waals surface area (Å²) in [5, 5.41) is 15.7. The molecule has 0 aliphatic carbocycles. The molecule has 0 aliphatic rings. The van der Waals surface area contributed by atoms with E-state index in [9.17, 15) is 19.5 Å². The minimum atomic E-state index is -1.10. The quantitative estimate of drug-likeness (QED) is 0.285. The van der Waals surface area contributed by atoms with Crippen molar-refractivity contribution in [3.05, 3.63) is 81.7 Å². The number of imidazole rings is 1. The Kier molecular flexibility index (Phi) is 7.35. The number of aromatic amines is 1. The summed E-state index contributed by atoms with van der Waals surface area (Å²) >= 11 is 1.11. The van der Waals surface area contributed by atoms with Gasteiger partial charge in [-0.05, 0) is 36.2 Å². The van der Waals surface area contributed by atoms with Crippen LogP contribution in [-0.2, 0) is 4.79 Å². The van der Waals surface area contributed by atoms with Gasteiger partial charge in [-0.3, -0.25) is 9.59 Å². The number of ether oxygens (including phenoxy) is 1. The van der Waals surface area contributed by atoms with Gasteiger partial charge in [-0.1, -0.05) is 37.3 Å². The van der Waals surface area contributed by atoms with Gasteiger partial charge in [0.15, 0.2) is 10.9 Å². The van der Waals surface area contributed by atoms with E-state index < -0.39 is 23.6 Å². The maximum absolute atomic E-state index is 13.7. The third-order valence-electron chi connectivity index (χ3n) is 5.97. The van der Waals surface area contributed by atoms with Crippen molar-refractivity contribution < 1.29 is 19.4 Å². The van der Waals surface area contributed by atoms with E-state index in [2.05, 4.69) is 15.3 Å². The molecule has 0 saturated heterocycles. The van der Waals surface area contributed by atoms with E-state index in [4.69, 9.17) is 4.74 Å². The third-order valence-corrected chi connectivity index (χ3v) is 6.73. The normalized spacial score (nSPS) is 12.6. The molecule has 2 aromatic carbocycles. The number of H-pyrrole nitrogens is 1. The Bertz CT molecular complexity index is 1420. The second-order valence-electron chi connectivity index (χ2n) is 8.18. The molecule has 2 unspecified atom stereocenters. The molecule has 2 aromatic heterocycles. The van der Waals surface area contributed by atoms with Crippen molar-refractivity contribution in [2.75, 3.05) is 12.4 Å². The minimum Gasteiger partial charge on any atom is -0.497 e. The van der Waals surface area contributed by atoms with E-state index in [0.717, 1.165) is 21.5 Å². The maximum atomic E-state index is 13.7. The summed E-state index contributed by atoms with van der Waals surface area (Å²) < 4.78 is 6.26. The molecule has 36 heavy (non-hydrogen) atoms. The number of rotatable bonds is 9. The average Bonchev–Trinajstić information content (AvgIpc) is 3.47. The first-order chi connectivity index (χ1) is 17.3. The SMILES string of the molecule is CCC(c1ccccc1)C(C(=O)Nc1nc(C(C)=O)cs1)n1c(O)c(-c2ccc(OC)cc2)[nH]c1=O. The number of aromatic nitrogens is 3. The van der Waals surface area contributed by atoms with Crippen LogP contribution in [0.4, 0.5) is 5.13 Å². The van der Waals surface area contributed by atoms with Crippen molar-refractivity contribution in [1.29, 1.82) is 0 Å². The van der Waals surface area contributed by atoms with E-state index in [-0.39, 0.29) is 28.2 Å². The molecule has 0 fully saturated rings. The Labute approximate surface area is 211 Å². The molecule has 0 saturated carbocycles. The zero-order valence-corrected chi connectivity index (χ0v) is 20.8. The Morgan fingerprint density at radius 2 is 1.86 bits per heavy atom. The van der Waals surface area contributed by atoms with E-state index in [1.807, 2.05) is 37.3 Å². The number of thiazole rings is 1. The number of ketones is 1. The highest BCUT2D eigenvalue weighted by Gasteiger charge is 2.35. The topological polar surface area (TPSA) is 126 Å². The fourth-order valence-electron chi connectivity index (χ4n) is 4.15. The summed E-state index contributed by atoms with van der Waals surface area (Å²) in [6.07, 6.45) is 0.508. The van der Waals surface area contributed by atoms with Gasteiger partial charge in [0.2, 0.25) is 11.8 Å². The van der Waals surface area contributed by atoms with Crippen LogP contribution in [0.15, 0.2) is 64.8 Å². The molecule has 2 atom stereocenters. The molecule has 186 valence electrons. The van der Waals surface area contributed by atoms with Crippen LogP contribution in [0.1, 0.15) is 48.3 Å². The second kappa shape index (κ2) is 10.6. The molecule has 0 aliphatic heterocycles. The molecule has 0 bridgehead atoms. The number of nitrogens with one attached hydrogen (secondary N) is 2. The Morgan fingerprint density at radius 3 is 2.44 bits per heavy atom. The maximum Gasteiger partial charge on any atom is 0.329 e. The van der Waals surface area contributed by atoms with Crippen molar-refractivity contribution >= 4 is 28.2 Å². The predicted octanol–water partition coefficient (Wildman–Crippen LogP) is 4.59. The van der Waals surface area contributed by atoms with Gasteiger partial charge in [0.1, 0.15) is 23.2 Å². The van der Waals surface area contributed by atoms with Crippen LogP contribution in [0.2, 0.25) is 0 Å². The van der Waals surface area contributed by atoms with Gasteiger partial charge in [-0.15, -0.1) is 11.3 Å². The first kappa shape index (κ1) is 24.9. The van der Waals surface area contributed by atoms with E-state index >= 15 is 0 Å². The van der Waals surface area contributed by atoms with Gasteiger partial charge >= 0.3 is 5.69 Å². The molecule has 4 aromatic rings. The number of Topliss-reactive ketones (excluding diaryl/α,β-unsaturated/α-hetero) is 1. The van der Waals surface area contributed by atoms with Crippen molar-refractivity contribution in [2.45, 2.75) is 32.2 Å². The summed E-state index contributed by atoms with van der Waals surface area (Å²) in [5.41, 5.74) is 1.20. The number of methoxy groups -OCH3 is 1. The Morgan fingerprint density at radius 1 is 1.17 bits per heavy atom. The van der Waals surface area contributed by atoms with Gasteiger partial charge in [-0.2, -0.15) is 0 Å². The van der Waals surface area contributed by atoms with Crippen molar-refractivity contribution in [3.63, 3.8) is 0 Å². The Hall–Kier alpha value is -4.18. The third kappa shape index (κ3) is 4.94. The smallest absolute Gasteiger partial charge is 0.329 e. The molecule has 0 radical (unpaired) electrons. The van der Waals surface area contributed by atoms with Gasteiger partial charge < -0.3 is 20.1 Å². The largest absolute Gasteiger partial charge is 0.497 e. The van der Waals surface area contributed by atoms with Gasteiger partial charge in [0.05, 0.1) is 7.11 Å². The molecule has 1 amide bonds. The number of hydrogen-bond donors (Lipinski definition) is 3. The van der Waals surface area contributed by atoms with Crippen LogP contribution in [0.3, 0.4) is 0 Å². The number of carbonyl (C=O) groups is 2. The van der Waals surface area contributed by atoms with Crippen molar-refractivity contribution in [3.8, 4) is 22.9 Å². The fraction of sp³-hybridized carbons (Fsp3) is 0.231. The number of nitrogens with zero attached hydrogens (tertiary/aromatic N) is 2. The number of amides is 1. The average molecular weight is 507 g/mol. The standard InChI is InChI=1S/C26H26N4O5S/c1-4-19(16-8-6-5-7-9-16)22(23(32)29-25-27-20(14-36-25)15(2)31)30-24(33)21(28-26(30)34)17-10-12-18(35-3)13-11-17/h5-14,19,22,33H,4H2,1-3H3,(H,28,34)(H,27,29,32). The summed E-state index contributed by atoms with van der Waals surface area (Å²) in [5.74, 6) is -0.930. The van der Waals surface area contributed by atoms with Crippen molar-refractivity contribution in [2.24, 2.45) is 0 Å². The van der Waals surface area contributed by atoms with Crippen LogP contribution in [0.5, 0.6) is 11.6 Å². The molecule has 3 N–H and O–H groups in total. The van der Waals surface area contributed by atoms with Crippen LogP contribution in [0, 0.1) is 0 Å². The summed E-state index contributed by atoms with van der Waals surface area (Å²) in [6, 6.07) is 15.1. The van der Waals surface area contributed by atoms with E-state index in [0.29, 0.717) is 17.7 Å².